The SMILES string of the molecule is CS(=O)(=O)Oc1ccn(S(C)(=O)=O)n1. The highest BCUT2D eigenvalue weighted by Crippen LogP contribution is 2.08. The van der Waals surface area contributed by atoms with Gasteiger partial charge in [-0.05, 0) is 0 Å². The first-order valence-electron chi connectivity index (χ1n) is 3.34. The number of hydrogen-bond donors (Lipinski definition) is 0. The standard InChI is InChI=1S/C5H8N2O5S2/c1-13(8,9)7-4-3-5(6-7)12-14(2,10)11/h3-4H,1-2H3. The third-order valence-electron chi connectivity index (χ3n) is 1.12. The molecule has 0 radical (unpaired) electrons. The highest BCUT2D eigenvalue weighted by Gasteiger charge is 2.11. The van der Waals surface area contributed by atoms with Gasteiger partial charge in [0, 0.05) is 12.3 Å². The monoisotopic (exact) mass is 240 g/mol. The quantitative estimate of drug-likeness (QED) is 0.631. The summed E-state index contributed by atoms with van der Waals surface area (Å²) in [6.45, 7) is 0. The number of rotatable bonds is 3. The minimum Gasteiger partial charge on any atom is -0.360 e. The van der Waals surface area contributed by atoms with Gasteiger partial charge in [0.1, 0.15) is 0 Å². The van der Waals surface area contributed by atoms with Crippen LogP contribution in [0.15, 0.2) is 12.3 Å². The molecule has 0 saturated carbocycles. The molecule has 0 N–H and O–H groups in total. The zero-order chi connectivity index (χ0) is 11.0. The number of nitrogens with zero attached hydrogens (tertiary/aromatic N) is 2. The molecule has 0 bridgehead atoms. The Morgan fingerprint density at radius 2 is 1.86 bits per heavy atom. The minimum absolute atomic E-state index is 0.280. The van der Waals surface area contributed by atoms with E-state index in [1.807, 2.05) is 0 Å². The van der Waals surface area contributed by atoms with Crippen molar-refractivity contribution < 1.29 is 21.0 Å². The van der Waals surface area contributed by atoms with E-state index in [0.29, 0.717) is 4.09 Å². The van der Waals surface area contributed by atoms with Crippen molar-refractivity contribution in [2.75, 3.05) is 12.5 Å². The topological polar surface area (TPSA) is 95.3 Å². The van der Waals surface area contributed by atoms with Crippen molar-refractivity contribution in [3.63, 3.8) is 0 Å². The predicted molar refractivity (Wildman–Crippen MR) is 47.9 cm³/mol. The Morgan fingerprint density at radius 1 is 1.29 bits per heavy atom. The fourth-order valence-electron chi connectivity index (χ4n) is 0.676. The van der Waals surface area contributed by atoms with E-state index in [2.05, 4.69) is 9.28 Å². The van der Waals surface area contributed by atoms with E-state index in [9.17, 15) is 16.8 Å². The average Bonchev–Trinajstić information content (AvgIpc) is 2.29. The van der Waals surface area contributed by atoms with Crippen LogP contribution in [0.5, 0.6) is 5.88 Å². The van der Waals surface area contributed by atoms with Crippen molar-refractivity contribution in [2.24, 2.45) is 0 Å². The second-order valence-corrected chi connectivity index (χ2v) is 5.99. The van der Waals surface area contributed by atoms with Gasteiger partial charge in [0.25, 0.3) is 15.9 Å². The number of aromatic nitrogens is 2. The second kappa shape index (κ2) is 3.24. The molecule has 7 nitrogen and oxygen atoms in total. The van der Waals surface area contributed by atoms with Crippen LogP contribution in [0.4, 0.5) is 0 Å². The summed E-state index contributed by atoms with van der Waals surface area (Å²) < 4.78 is 48.1. The first-order chi connectivity index (χ1) is 6.18. The molecule has 14 heavy (non-hydrogen) atoms. The third-order valence-corrected chi connectivity index (χ3v) is 2.47. The third kappa shape index (κ3) is 3.00. The van der Waals surface area contributed by atoms with Gasteiger partial charge in [-0.2, -0.15) is 12.5 Å². The summed E-state index contributed by atoms with van der Waals surface area (Å²) in [5.74, 6) is -0.280. The van der Waals surface area contributed by atoms with E-state index >= 15 is 0 Å². The lowest BCUT2D eigenvalue weighted by Crippen LogP contribution is -2.11. The maximum absolute atomic E-state index is 10.9. The predicted octanol–water partition coefficient (Wildman–Crippen LogP) is -0.971. The van der Waals surface area contributed by atoms with Gasteiger partial charge < -0.3 is 4.18 Å². The van der Waals surface area contributed by atoms with Crippen molar-refractivity contribution in [1.29, 1.82) is 0 Å². The van der Waals surface area contributed by atoms with E-state index in [-0.39, 0.29) is 5.88 Å². The van der Waals surface area contributed by atoms with Crippen molar-refractivity contribution in [1.82, 2.24) is 9.19 Å². The van der Waals surface area contributed by atoms with Crippen molar-refractivity contribution in [2.45, 2.75) is 0 Å². The van der Waals surface area contributed by atoms with E-state index in [0.717, 1.165) is 24.8 Å². The molecule has 0 spiro atoms. The number of hydrogen-bond acceptors (Lipinski definition) is 6. The Kier molecular flexibility index (Phi) is 2.54. The molecule has 0 aliphatic rings. The maximum Gasteiger partial charge on any atom is 0.307 e. The molecule has 9 heteroatoms. The van der Waals surface area contributed by atoms with Gasteiger partial charge in [-0.3, -0.25) is 0 Å². The van der Waals surface area contributed by atoms with E-state index < -0.39 is 20.1 Å². The van der Waals surface area contributed by atoms with Crippen LogP contribution in [0, 0.1) is 0 Å². The molecule has 0 unspecified atom stereocenters. The molecule has 1 aromatic heterocycles. The minimum atomic E-state index is -3.68. The summed E-state index contributed by atoms with van der Waals surface area (Å²) in [6.07, 6.45) is 2.87. The molecule has 0 saturated heterocycles. The molecular formula is C5H8N2O5S2. The van der Waals surface area contributed by atoms with Crippen LogP contribution in [0.25, 0.3) is 0 Å². The van der Waals surface area contributed by atoms with Gasteiger partial charge in [-0.15, -0.1) is 5.10 Å². The van der Waals surface area contributed by atoms with Gasteiger partial charge in [-0.1, -0.05) is 0 Å². The van der Waals surface area contributed by atoms with Crippen LogP contribution in [-0.2, 0) is 20.1 Å². The molecule has 0 atom stereocenters. The molecule has 1 heterocycles. The van der Waals surface area contributed by atoms with Crippen LogP contribution in [0.1, 0.15) is 0 Å². The molecule has 0 aromatic carbocycles. The second-order valence-electron chi connectivity index (χ2n) is 2.58. The lowest BCUT2D eigenvalue weighted by atomic mass is 10.7. The van der Waals surface area contributed by atoms with E-state index in [4.69, 9.17) is 0 Å². The highest BCUT2D eigenvalue weighted by atomic mass is 32.2. The van der Waals surface area contributed by atoms with Gasteiger partial charge in [-0.25, -0.2) is 8.42 Å². The molecule has 80 valence electrons. The Hall–Kier alpha value is -1.09. The molecule has 1 rings (SSSR count). The molecule has 0 aliphatic heterocycles. The fourth-order valence-corrected chi connectivity index (χ4v) is 1.59. The largest absolute Gasteiger partial charge is 0.360 e. The molecular weight excluding hydrogens is 232 g/mol. The smallest absolute Gasteiger partial charge is 0.307 e. The lowest BCUT2D eigenvalue weighted by Gasteiger charge is -1.97. The highest BCUT2D eigenvalue weighted by molar-refractivity contribution is 7.89. The summed E-state index contributed by atoms with van der Waals surface area (Å²) >= 11 is 0. The van der Waals surface area contributed by atoms with Crippen molar-refractivity contribution in [3.8, 4) is 5.88 Å². The molecule has 1 aromatic rings. The first-order valence-corrected chi connectivity index (χ1v) is 7.01. The van der Waals surface area contributed by atoms with Crippen LogP contribution < -0.4 is 4.18 Å². The van der Waals surface area contributed by atoms with Gasteiger partial charge in [0.2, 0.25) is 0 Å². The van der Waals surface area contributed by atoms with Crippen molar-refractivity contribution >= 4 is 20.1 Å². The summed E-state index contributed by atoms with van der Waals surface area (Å²) in [5, 5.41) is 3.39. The zero-order valence-electron chi connectivity index (χ0n) is 7.41. The Morgan fingerprint density at radius 3 is 2.21 bits per heavy atom. The molecule has 0 aliphatic carbocycles. The first kappa shape index (κ1) is 11.0. The van der Waals surface area contributed by atoms with E-state index in [1.165, 1.54) is 0 Å². The summed E-state index contributed by atoms with van der Waals surface area (Å²) in [4.78, 5) is 0. The summed E-state index contributed by atoms with van der Waals surface area (Å²) in [7, 11) is -7.19. The Balaban J connectivity index is 3.02. The average molecular weight is 240 g/mol. The summed E-state index contributed by atoms with van der Waals surface area (Å²) in [5.41, 5.74) is 0. The van der Waals surface area contributed by atoms with Crippen LogP contribution in [0.3, 0.4) is 0 Å². The fraction of sp³-hybridized carbons (Fsp3) is 0.400. The van der Waals surface area contributed by atoms with Gasteiger partial charge in [0.05, 0.1) is 12.5 Å². The lowest BCUT2D eigenvalue weighted by molar-refractivity contribution is 0.479. The zero-order valence-corrected chi connectivity index (χ0v) is 9.04. The van der Waals surface area contributed by atoms with Crippen LogP contribution >= 0.6 is 0 Å². The van der Waals surface area contributed by atoms with Gasteiger partial charge >= 0.3 is 10.1 Å². The van der Waals surface area contributed by atoms with Crippen molar-refractivity contribution in [3.05, 3.63) is 12.3 Å². The molecule has 0 amide bonds. The maximum atomic E-state index is 10.9. The van der Waals surface area contributed by atoms with Crippen LogP contribution in [0.2, 0.25) is 0 Å². The Bertz CT molecular complexity index is 526. The van der Waals surface area contributed by atoms with Gasteiger partial charge in [0.15, 0.2) is 0 Å². The summed E-state index contributed by atoms with van der Waals surface area (Å²) in [6, 6.07) is 1.14. The normalized spacial score (nSPS) is 12.7. The molecule has 0 fully saturated rings. The van der Waals surface area contributed by atoms with E-state index in [1.54, 1.807) is 0 Å². The Labute approximate surface area is 81.5 Å². The van der Waals surface area contributed by atoms with Crippen LogP contribution in [-0.4, -0.2) is 38.5 Å².